The highest BCUT2D eigenvalue weighted by atomic mass is 35.5. The van der Waals surface area contributed by atoms with Gasteiger partial charge in [-0.1, -0.05) is 35.3 Å². The molecule has 2 N–H and O–H groups in total. The number of nitrogens with one attached hydrogen (secondary N) is 2. The number of carbonyl (C=O) groups is 3. The molecule has 0 aliphatic heterocycles. The van der Waals surface area contributed by atoms with Crippen molar-refractivity contribution in [2.75, 3.05) is 30.4 Å². The number of benzene rings is 3. The van der Waals surface area contributed by atoms with Gasteiger partial charge < -0.3 is 15.0 Å². The zero-order valence-electron chi connectivity index (χ0n) is 22.9. The van der Waals surface area contributed by atoms with E-state index in [9.17, 15) is 27.6 Å². The number of aromatic amines is 1. The van der Waals surface area contributed by atoms with E-state index in [1.54, 1.807) is 43.1 Å². The minimum absolute atomic E-state index is 0.00350. The molecule has 4 aromatic rings. The Kier molecular flexibility index (Phi) is 9.77. The van der Waals surface area contributed by atoms with Crippen LogP contribution in [-0.4, -0.2) is 48.1 Å². The molecule has 13 heteroatoms. The van der Waals surface area contributed by atoms with Gasteiger partial charge in [0.2, 0.25) is 0 Å². The van der Waals surface area contributed by atoms with Crippen molar-refractivity contribution in [2.24, 2.45) is 0 Å². The maximum absolute atomic E-state index is 13.7. The van der Waals surface area contributed by atoms with Crippen LogP contribution >= 0.6 is 23.2 Å². The minimum atomic E-state index is -4.71. The van der Waals surface area contributed by atoms with E-state index >= 15 is 0 Å². The number of halogens is 5. The molecule has 0 bridgehead atoms. The number of amides is 1. The van der Waals surface area contributed by atoms with Gasteiger partial charge in [-0.25, -0.2) is 0 Å². The van der Waals surface area contributed by atoms with E-state index in [1.807, 2.05) is 0 Å². The number of esters is 1. The Balaban J connectivity index is 1.60. The van der Waals surface area contributed by atoms with Crippen LogP contribution in [0.5, 0.6) is 0 Å². The maximum Gasteiger partial charge on any atom is 0.417 e. The van der Waals surface area contributed by atoms with Crippen molar-refractivity contribution >= 4 is 52.2 Å². The quantitative estimate of drug-likeness (QED) is 0.141. The van der Waals surface area contributed by atoms with E-state index in [1.165, 1.54) is 30.5 Å². The molecule has 224 valence electrons. The van der Waals surface area contributed by atoms with Gasteiger partial charge in [-0.05, 0) is 55.5 Å². The van der Waals surface area contributed by atoms with Crippen molar-refractivity contribution in [3.8, 4) is 11.3 Å². The number of rotatable bonds is 10. The highest BCUT2D eigenvalue weighted by Crippen LogP contribution is 2.38. The average Bonchev–Trinajstić information content (AvgIpc) is 3.46. The summed E-state index contributed by atoms with van der Waals surface area (Å²) in [6.07, 6.45) is -3.36. The first-order chi connectivity index (χ1) is 20.4. The maximum atomic E-state index is 13.7. The molecule has 1 heterocycles. The van der Waals surface area contributed by atoms with Gasteiger partial charge in [0.1, 0.15) is 0 Å². The Morgan fingerprint density at radius 3 is 2.51 bits per heavy atom. The molecule has 1 amide bonds. The second kappa shape index (κ2) is 13.3. The molecular formula is C30H25Cl2F3N4O4. The molecule has 0 aliphatic rings. The van der Waals surface area contributed by atoms with Gasteiger partial charge in [0.05, 0.1) is 46.8 Å². The third-order valence-corrected chi connectivity index (χ3v) is 6.99. The fraction of sp³-hybridized carbons (Fsp3) is 0.200. The monoisotopic (exact) mass is 632 g/mol. The zero-order chi connectivity index (χ0) is 31.3. The second-order valence-corrected chi connectivity index (χ2v) is 10.2. The Labute approximate surface area is 254 Å². The van der Waals surface area contributed by atoms with E-state index in [2.05, 4.69) is 15.5 Å². The summed E-state index contributed by atoms with van der Waals surface area (Å²) in [6, 6.07) is 14.2. The Hall–Kier alpha value is -4.35. The highest BCUT2D eigenvalue weighted by molar-refractivity contribution is 6.32. The van der Waals surface area contributed by atoms with Crippen molar-refractivity contribution < 1.29 is 32.3 Å². The van der Waals surface area contributed by atoms with Crippen molar-refractivity contribution in [3.05, 3.63) is 99.2 Å². The Bertz CT molecular complexity index is 1670. The number of carbonyl (C=O) groups excluding carboxylic acids is 3. The smallest absolute Gasteiger partial charge is 0.417 e. The first-order valence-electron chi connectivity index (χ1n) is 12.9. The lowest BCUT2D eigenvalue weighted by atomic mass is 9.98. The highest BCUT2D eigenvalue weighted by Gasteiger charge is 2.34. The van der Waals surface area contributed by atoms with Crippen LogP contribution in [0.3, 0.4) is 0 Å². The number of hydrogen-bond donors (Lipinski definition) is 2. The molecule has 0 atom stereocenters. The molecule has 0 saturated carbocycles. The van der Waals surface area contributed by atoms with Crippen molar-refractivity contribution in [2.45, 2.75) is 19.5 Å². The molecule has 4 rings (SSSR count). The number of ketones is 1. The van der Waals surface area contributed by atoms with Crippen LogP contribution < -0.4 is 10.2 Å². The summed E-state index contributed by atoms with van der Waals surface area (Å²) in [6.45, 7) is 2.38. The topological polar surface area (TPSA) is 104 Å². The number of ether oxygens (including phenoxy) is 1. The summed E-state index contributed by atoms with van der Waals surface area (Å²) in [5.41, 5.74) is 0.0304. The molecule has 0 fully saturated rings. The third-order valence-electron chi connectivity index (χ3n) is 6.42. The predicted molar refractivity (Wildman–Crippen MR) is 158 cm³/mol. The van der Waals surface area contributed by atoms with E-state index < -0.39 is 28.5 Å². The summed E-state index contributed by atoms with van der Waals surface area (Å²) >= 11 is 11.9. The summed E-state index contributed by atoms with van der Waals surface area (Å²) in [7, 11) is 1.77. The molecule has 8 nitrogen and oxygen atoms in total. The minimum Gasteiger partial charge on any atom is -0.466 e. The normalized spacial score (nSPS) is 11.2. The first kappa shape index (κ1) is 31.6. The number of aromatic nitrogens is 2. The van der Waals surface area contributed by atoms with E-state index in [-0.39, 0.29) is 57.7 Å². The SMILES string of the molecule is CCOC(=O)CCN(C)c1cccc(C(=O)Nc2ccc(Cl)cc2C(=O)c2cn[nH]c2-c2ccc(Cl)c(C(F)(F)F)c2)c1. The summed E-state index contributed by atoms with van der Waals surface area (Å²) < 4.78 is 45.4. The lowest BCUT2D eigenvalue weighted by Gasteiger charge is -2.19. The second-order valence-electron chi connectivity index (χ2n) is 9.35. The van der Waals surface area contributed by atoms with Crippen LogP contribution in [0.25, 0.3) is 11.3 Å². The van der Waals surface area contributed by atoms with Crippen LogP contribution in [-0.2, 0) is 15.7 Å². The van der Waals surface area contributed by atoms with E-state index in [4.69, 9.17) is 27.9 Å². The molecule has 0 aliphatic carbocycles. The van der Waals surface area contributed by atoms with Crippen molar-refractivity contribution in [3.63, 3.8) is 0 Å². The number of alkyl halides is 3. The van der Waals surface area contributed by atoms with Gasteiger partial charge in [0, 0.05) is 41.0 Å². The number of anilines is 2. The van der Waals surface area contributed by atoms with Crippen LogP contribution in [0.2, 0.25) is 10.0 Å². The summed E-state index contributed by atoms with van der Waals surface area (Å²) in [4.78, 5) is 40.5. The van der Waals surface area contributed by atoms with Gasteiger partial charge in [-0.2, -0.15) is 18.3 Å². The fourth-order valence-corrected chi connectivity index (χ4v) is 4.63. The fourth-order valence-electron chi connectivity index (χ4n) is 4.24. The Morgan fingerprint density at radius 1 is 1.02 bits per heavy atom. The molecule has 1 aromatic heterocycles. The summed E-state index contributed by atoms with van der Waals surface area (Å²) in [5.74, 6) is -1.50. The lowest BCUT2D eigenvalue weighted by Crippen LogP contribution is -2.22. The molecule has 0 unspecified atom stereocenters. The molecular weight excluding hydrogens is 608 g/mol. The van der Waals surface area contributed by atoms with Crippen molar-refractivity contribution in [1.82, 2.24) is 10.2 Å². The van der Waals surface area contributed by atoms with Crippen LogP contribution in [0.15, 0.2) is 66.9 Å². The third kappa shape index (κ3) is 7.54. The standard InChI is InChI=1S/C30H25Cl2F3N4O4/c1-3-43-26(40)11-12-39(2)20-6-4-5-18(13-20)29(42)37-25-10-8-19(31)15-21(25)28(41)22-16-36-38-27(22)17-7-9-24(32)23(14-17)30(33,34)35/h4-10,13-16H,3,11-12H2,1-2H3,(H,36,38)(H,37,42). The van der Waals surface area contributed by atoms with Crippen LogP contribution in [0.1, 0.15) is 45.2 Å². The largest absolute Gasteiger partial charge is 0.466 e. The van der Waals surface area contributed by atoms with E-state index in [0.29, 0.717) is 12.2 Å². The molecule has 0 radical (unpaired) electrons. The van der Waals surface area contributed by atoms with Gasteiger partial charge >= 0.3 is 12.1 Å². The molecule has 0 saturated heterocycles. The molecule has 43 heavy (non-hydrogen) atoms. The number of H-pyrrole nitrogens is 1. The van der Waals surface area contributed by atoms with Crippen LogP contribution in [0.4, 0.5) is 24.5 Å². The van der Waals surface area contributed by atoms with Crippen LogP contribution in [0, 0.1) is 0 Å². The van der Waals surface area contributed by atoms with Gasteiger partial charge in [0.25, 0.3) is 5.91 Å². The van der Waals surface area contributed by atoms with Gasteiger partial charge in [0.15, 0.2) is 5.78 Å². The lowest BCUT2D eigenvalue weighted by molar-refractivity contribution is -0.143. The molecule has 3 aromatic carbocycles. The zero-order valence-corrected chi connectivity index (χ0v) is 24.4. The number of nitrogens with zero attached hydrogens (tertiary/aromatic N) is 2. The molecule has 0 spiro atoms. The van der Waals surface area contributed by atoms with Crippen molar-refractivity contribution in [1.29, 1.82) is 0 Å². The number of hydrogen-bond acceptors (Lipinski definition) is 6. The first-order valence-corrected chi connectivity index (χ1v) is 13.7. The van der Waals surface area contributed by atoms with Gasteiger partial charge in [-0.15, -0.1) is 0 Å². The average molecular weight is 633 g/mol. The van der Waals surface area contributed by atoms with E-state index in [0.717, 1.165) is 12.1 Å². The predicted octanol–water partition coefficient (Wildman–Crippen LogP) is 7.28. The summed E-state index contributed by atoms with van der Waals surface area (Å²) in [5, 5.41) is 8.87. The Morgan fingerprint density at radius 2 is 1.79 bits per heavy atom. The van der Waals surface area contributed by atoms with Gasteiger partial charge in [-0.3, -0.25) is 19.5 Å².